The molecular formula is C11H14O3S. The molecule has 0 spiro atoms. The van der Waals surface area contributed by atoms with Gasteiger partial charge in [-0.25, -0.2) is 8.42 Å². The third-order valence-electron chi connectivity index (χ3n) is 2.15. The van der Waals surface area contributed by atoms with Crippen molar-refractivity contribution in [1.82, 2.24) is 0 Å². The number of rotatable bonds is 3. The van der Waals surface area contributed by atoms with Gasteiger partial charge in [-0.05, 0) is 26.0 Å². The summed E-state index contributed by atoms with van der Waals surface area (Å²) in [6, 6.07) is 6.56. The largest absolute Gasteiger partial charge is 0.391 e. The van der Waals surface area contributed by atoms with E-state index in [1.165, 1.54) is 6.08 Å². The van der Waals surface area contributed by atoms with Crippen LogP contribution >= 0.6 is 0 Å². The highest BCUT2D eigenvalue weighted by Gasteiger charge is 2.18. The molecule has 0 radical (unpaired) electrons. The summed E-state index contributed by atoms with van der Waals surface area (Å²) in [6.45, 7) is 3.02. The zero-order chi connectivity index (χ0) is 11.5. The second-order valence-corrected chi connectivity index (χ2v) is 5.23. The Bertz CT molecular complexity index is 455. The highest BCUT2D eigenvalue weighted by atomic mass is 32.2. The number of benzene rings is 1. The maximum atomic E-state index is 11.9. The van der Waals surface area contributed by atoms with E-state index in [-0.39, 0.29) is 9.80 Å². The number of aliphatic hydroxyl groups excluding tert-OH is 1. The Morgan fingerprint density at radius 1 is 1.33 bits per heavy atom. The molecule has 1 aromatic carbocycles. The summed E-state index contributed by atoms with van der Waals surface area (Å²) in [4.78, 5) is 0.251. The van der Waals surface area contributed by atoms with Crippen molar-refractivity contribution < 1.29 is 13.5 Å². The van der Waals surface area contributed by atoms with Crippen LogP contribution in [0.1, 0.15) is 12.5 Å². The van der Waals surface area contributed by atoms with Gasteiger partial charge in [0.15, 0.2) is 0 Å². The molecule has 1 aromatic rings. The van der Waals surface area contributed by atoms with Crippen LogP contribution < -0.4 is 0 Å². The summed E-state index contributed by atoms with van der Waals surface area (Å²) >= 11 is 0. The Kier molecular flexibility index (Phi) is 3.66. The van der Waals surface area contributed by atoms with E-state index < -0.39 is 16.4 Å². The van der Waals surface area contributed by atoms with Gasteiger partial charge >= 0.3 is 0 Å². The van der Waals surface area contributed by atoms with Gasteiger partial charge in [-0.2, -0.15) is 0 Å². The Hall–Kier alpha value is -1.13. The van der Waals surface area contributed by atoms with Crippen molar-refractivity contribution in [2.45, 2.75) is 18.7 Å². The summed E-state index contributed by atoms with van der Waals surface area (Å²) in [6.07, 6.45) is 1.41. The number of aryl methyl sites for hydroxylation is 1. The second-order valence-electron chi connectivity index (χ2n) is 3.23. The number of hydrogen-bond acceptors (Lipinski definition) is 3. The summed E-state index contributed by atoms with van der Waals surface area (Å²) in [5, 5.41) is 8.93. The number of hydrogen-bond donors (Lipinski definition) is 1. The van der Waals surface area contributed by atoms with Crippen LogP contribution in [-0.4, -0.2) is 20.1 Å². The minimum atomic E-state index is -3.51. The summed E-state index contributed by atoms with van der Waals surface area (Å²) in [7, 11) is -3.51. The van der Waals surface area contributed by atoms with Gasteiger partial charge in [0, 0.05) is 0 Å². The standard InChI is InChI=1S/C11H14O3S/c1-3-10(8-12)15(13,14)11-6-4-9(2)5-7-11/h3-7,12H,8H2,1-2H3/b10-3-. The Morgan fingerprint density at radius 3 is 2.27 bits per heavy atom. The fourth-order valence-electron chi connectivity index (χ4n) is 1.20. The molecule has 0 saturated heterocycles. The van der Waals surface area contributed by atoms with Gasteiger partial charge in [-0.3, -0.25) is 0 Å². The summed E-state index contributed by atoms with van der Waals surface area (Å²) < 4.78 is 23.8. The number of aliphatic hydroxyl groups is 1. The third kappa shape index (κ3) is 2.46. The van der Waals surface area contributed by atoms with Gasteiger partial charge in [-0.15, -0.1) is 0 Å². The van der Waals surface area contributed by atoms with E-state index in [1.54, 1.807) is 31.2 Å². The van der Waals surface area contributed by atoms with Crippen molar-refractivity contribution >= 4 is 9.84 Å². The van der Waals surface area contributed by atoms with Crippen molar-refractivity contribution in [2.24, 2.45) is 0 Å². The van der Waals surface area contributed by atoms with Gasteiger partial charge in [0.1, 0.15) is 0 Å². The highest BCUT2D eigenvalue weighted by molar-refractivity contribution is 7.95. The monoisotopic (exact) mass is 226 g/mol. The first kappa shape index (κ1) is 11.9. The molecule has 0 aliphatic rings. The molecule has 15 heavy (non-hydrogen) atoms. The molecule has 0 atom stereocenters. The van der Waals surface area contributed by atoms with Crippen LogP contribution in [-0.2, 0) is 9.84 Å². The normalized spacial score (nSPS) is 12.9. The van der Waals surface area contributed by atoms with Crippen LogP contribution in [0.2, 0.25) is 0 Å². The van der Waals surface area contributed by atoms with Gasteiger partial charge in [0.05, 0.1) is 16.4 Å². The lowest BCUT2D eigenvalue weighted by Crippen LogP contribution is -2.07. The molecule has 0 unspecified atom stereocenters. The molecule has 0 heterocycles. The van der Waals surface area contributed by atoms with Gasteiger partial charge < -0.3 is 5.11 Å². The van der Waals surface area contributed by atoms with E-state index in [0.29, 0.717) is 0 Å². The van der Waals surface area contributed by atoms with Crippen LogP contribution in [0.25, 0.3) is 0 Å². The SMILES string of the molecule is C/C=C(/CO)S(=O)(=O)c1ccc(C)cc1. The van der Waals surface area contributed by atoms with E-state index in [1.807, 2.05) is 6.92 Å². The second kappa shape index (κ2) is 4.59. The molecule has 3 nitrogen and oxygen atoms in total. The van der Waals surface area contributed by atoms with Crippen molar-refractivity contribution in [3.8, 4) is 0 Å². The smallest absolute Gasteiger partial charge is 0.204 e. The topological polar surface area (TPSA) is 54.4 Å². The molecule has 0 aromatic heterocycles. The molecule has 4 heteroatoms. The molecule has 0 aliphatic heterocycles. The molecule has 0 saturated carbocycles. The maximum Gasteiger partial charge on any atom is 0.204 e. The predicted octanol–water partition coefficient (Wildman–Crippen LogP) is 1.66. The Balaban J connectivity index is 3.23. The van der Waals surface area contributed by atoms with Crippen LogP contribution in [0, 0.1) is 6.92 Å². The zero-order valence-electron chi connectivity index (χ0n) is 8.77. The lowest BCUT2D eigenvalue weighted by Gasteiger charge is -2.06. The Morgan fingerprint density at radius 2 is 1.87 bits per heavy atom. The number of allylic oxidation sites excluding steroid dienone is 1. The molecule has 0 amide bonds. The van der Waals surface area contributed by atoms with Crippen LogP contribution in [0.15, 0.2) is 40.1 Å². The van der Waals surface area contributed by atoms with Crippen molar-refractivity contribution in [3.63, 3.8) is 0 Å². The average molecular weight is 226 g/mol. The first-order valence-electron chi connectivity index (χ1n) is 4.60. The minimum Gasteiger partial charge on any atom is -0.391 e. The van der Waals surface area contributed by atoms with E-state index in [9.17, 15) is 8.42 Å². The molecule has 0 fully saturated rings. The van der Waals surface area contributed by atoms with E-state index in [2.05, 4.69) is 0 Å². The lowest BCUT2D eigenvalue weighted by atomic mass is 10.2. The molecule has 82 valence electrons. The van der Waals surface area contributed by atoms with E-state index in [4.69, 9.17) is 5.11 Å². The van der Waals surface area contributed by atoms with Gasteiger partial charge in [0.25, 0.3) is 0 Å². The lowest BCUT2D eigenvalue weighted by molar-refractivity contribution is 0.337. The van der Waals surface area contributed by atoms with Gasteiger partial charge in [-0.1, -0.05) is 23.8 Å². The van der Waals surface area contributed by atoms with E-state index in [0.717, 1.165) is 5.56 Å². The number of sulfone groups is 1. The average Bonchev–Trinajstić information content (AvgIpc) is 2.19. The zero-order valence-corrected chi connectivity index (χ0v) is 9.58. The molecular weight excluding hydrogens is 212 g/mol. The fraction of sp³-hybridized carbons (Fsp3) is 0.273. The molecule has 0 aliphatic carbocycles. The fourth-order valence-corrected chi connectivity index (χ4v) is 2.48. The van der Waals surface area contributed by atoms with Gasteiger partial charge in [0.2, 0.25) is 9.84 Å². The van der Waals surface area contributed by atoms with Crippen LogP contribution in [0.5, 0.6) is 0 Å². The molecule has 1 rings (SSSR count). The van der Waals surface area contributed by atoms with Crippen LogP contribution in [0.4, 0.5) is 0 Å². The quantitative estimate of drug-likeness (QED) is 0.853. The van der Waals surface area contributed by atoms with Crippen molar-refractivity contribution in [3.05, 3.63) is 40.8 Å². The first-order valence-corrected chi connectivity index (χ1v) is 6.08. The third-order valence-corrected chi connectivity index (χ3v) is 4.10. The highest BCUT2D eigenvalue weighted by Crippen LogP contribution is 2.18. The first-order chi connectivity index (χ1) is 7.02. The predicted molar refractivity (Wildman–Crippen MR) is 59.2 cm³/mol. The van der Waals surface area contributed by atoms with Crippen molar-refractivity contribution in [2.75, 3.05) is 6.61 Å². The molecule has 1 N–H and O–H groups in total. The van der Waals surface area contributed by atoms with E-state index >= 15 is 0 Å². The molecule has 0 bridgehead atoms. The summed E-state index contributed by atoms with van der Waals surface area (Å²) in [5.74, 6) is 0. The van der Waals surface area contributed by atoms with Crippen molar-refractivity contribution in [1.29, 1.82) is 0 Å². The summed E-state index contributed by atoms with van der Waals surface area (Å²) in [5.41, 5.74) is 1.000. The minimum absolute atomic E-state index is 0.0337. The Labute approximate surface area is 90.0 Å². The van der Waals surface area contributed by atoms with Crippen LogP contribution in [0.3, 0.4) is 0 Å². The maximum absolute atomic E-state index is 11.9.